The first-order valence-corrected chi connectivity index (χ1v) is 7.90. The maximum Gasteiger partial charge on any atom is 0.229 e. The molecule has 1 aliphatic heterocycles. The molecule has 25 heavy (non-hydrogen) atoms. The van der Waals surface area contributed by atoms with Crippen molar-refractivity contribution in [3.63, 3.8) is 0 Å². The van der Waals surface area contributed by atoms with Crippen molar-refractivity contribution in [1.29, 1.82) is 0 Å². The maximum atomic E-state index is 13.0. The zero-order chi connectivity index (χ0) is 18.5. The van der Waals surface area contributed by atoms with E-state index >= 15 is 0 Å². The van der Waals surface area contributed by atoms with Crippen LogP contribution < -0.4 is 9.47 Å². The van der Waals surface area contributed by atoms with E-state index in [1.807, 2.05) is 20.8 Å². The second kappa shape index (κ2) is 6.04. The summed E-state index contributed by atoms with van der Waals surface area (Å²) >= 11 is 0. The van der Waals surface area contributed by atoms with Crippen molar-refractivity contribution >= 4 is 11.6 Å². The molecule has 0 fully saturated rings. The molecule has 0 bridgehead atoms. The topological polar surface area (TPSA) is 82.1 Å². The molecule has 2 aliphatic rings. The van der Waals surface area contributed by atoms with Gasteiger partial charge in [0.25, 0.3) is 0 Å². The molecular weight excluding hydrogens is 324 g/mol. The van der Waals surface area contributed by atoms with Crippen molar-refractivity contribution in [3.05, 3.63) is 45.7 Å². The molecule has 1 aromatic rings. The third-order valence-corrected chi connectivity index (χ3v) is 4.76. The highest BCUT2D eigenvalue weighted by Crippen LogP contribution is 2.43. The van der Waals surface area contributed by atoms with Gasteiger partial charge < -0.3 is 19.3 Å². The Hall–Kier alpha value is -2.60. The molecular formula is C19H20O6. The average Bonchev–Trinajstić information content (AvgIpc) is 2.95. The zero-order valence-corrected chi connectivity index (χ0v) is 14.8. The SMILES string of the molecule is COc1ccc2c(c1OC)C(=O)C1=C(O[C@@H](C(C)=C(C)C)[C@H]1O)C2=O. The standard InChI is InChI=1S/C19H20O6/c1-8(2)9(3)17-16(22)13-15(21)12-10(14(20)19(13)25-17)6-7-11(23-4)18(12)24-5/h6-7,16-17,22H,1-5H3/t16-,17-/m0/s1. The van der Waals surface area contributed by atoms with Gasteiger partial charge in [-0.05, 0) is 38.5 Å². The van der Waals surface area contributed by atoms with Gasteiger partial charge in [-0.1, -0.05) is 5.57 Å². The minimum Gasteiger partial charge on any atom is -0.493 e. The minimum absolute atomic E-state index is 0.0188. The first kappa shape index (κ1) is 17.2. The summed E-state index contributed by atoms with van der Waals surface area (Å²) in [6.07, 6.45) is -1.95. The monoisotopic (exact) mass is 344 g/mol. The van der Waals surface area contributed by atoms with Gasteiger partial charge >= 0.3 is 0 Å². The molecule has 0 saturated heterocycles. The molecule has 1 N–H and O–H groups in total. The van der Waals surface area contributed by atoms with E-state index in [-0.39, 0.29) is 28.2 Å². The molecule has 0 radical (unpaired) electrons. The van der Waals surface area contributed by atoms with Crippen molar-refractivity contribution in [2.24, 2.45) is 0 Å². The summed E-state index contributed by atoms with van der Waals surface area (Å²) < 4.78 is 16.2. The fraction of sp³-hybridized carbons (Fsp3) is 0.368. The lowest BCUT2D eigenvalue weighted by Gasteiger charge is -2.20. The quantitative estimate of drug-likeness (QED) is 0.848. The molecule has 0 amide bonds. The lowest BCUT2D eigenvalue weighted by molar-refractivity contribution is 0.0637. The van der Waals surface area contributed by atoms with E-state index in [0.29, 0.717) is 5.75 Å². The zero-order valence-electron chi connectivity index (χ0n) is 14.8. The molecule has 0 aromatic heterocycles. The van der Waals surface area contributed by atoms with Gasteiger partial charge in [-0.2, -0.15) is 0 Å². The van der Waals surface area contributed by atoms with Gasteiger partial charge in [0.15, 0.2) is 29.1 Å². The summed E-state index contributed by atoms with van der Waals surface area (Å²) in [4.78, 5) is 25.9. The van der Waals surface area contributed by atoms with E-state index in [1.54, 1.807) is 6.07 Å². The normalized spacial score (nSPS) is 21.5. The van der Waals surface area contributed by atoms with E-state index in [2.05, 4.69) is 0 Å². The smallest absolute Gasteiger partial charge is 0.229 e. The Labute approximate surface area is 145 Å². The van der Waals surface area contributed by atoms with Gasteiger partial charge in [0, 0.05) is 5.56 Å². The number of allylic oxidation sites excluding steroid dienone is 2. The second-order valence-electron chi connectivity index (χ2n) is 6.29. The van der Waals surface area contributed by atoms with Crippen LogP contribution in [0.1, 0.15) is 41.5 Å². The fourth-order valence-electron chi connectivity index (χ4n) is 3.16. The predicted octanol–water partition coefficient (Wildman–Crippen LogP) is 2.45. The third-order valence-electron chi connectivity index (χ3n) is 4.76. The summed E-state index contributed by atoms with van der Waals surface area (Å²) in [6.45, 7) is 5.58. The number of ketones is 2. The Morgan fingerprint density at radius 1 is 1.08 bits per heavy atom. The van der Waals surface area contributed by atoms with Crippen LogP contribution in [0, 0.1) is 0 Å². The molecule has 2 atom stereocenters. The van der Waals surface area contributed by atoms with E-state index in [9.17, 15) is 14.7 Å². The van der Waals surface area contributed by atoms with Gasteiger partial charge in [0.1, 0.15) is 6.10 Å². The molecule has 132 valence electrons. The van der Waals surface area contributed by atoms with Gasteiger partial charge in [0.05, 0.1) is 25.4 Å². The molecule has 0 saturated carbocycles. The predicted molar refractivity (Wildman–Crippen MR) is 90.2 cm³/mol. The molecule has 6 heteroatoms. The van der Waals surface area contributed by atoms with Crippen LogP contribution in [-0.2, 0) is 4.74 Å². The van der Waals surface area contributed by atoms with Crippen LogP contribution in [0.15, 0.2) is 34.6 Å². The van der Waals surface area contributed by atoms with Crippen LogP contribution in [0.2, 0.25) is 0 Å². The summed E-state index contributed by atoms with van der Waals surface area (Å²) in [5, 5.41) is 10.6. The van der Waals surface area contributed by atoms with Crippen LogP contribution >= 0.6 is 0 Å². The number of ether oxygens (including phenoxy) is 3. The summed E-state index contributed by atoms with van der Waals surface area (Å²) in [5.41, 5.74) is 2.01. The third kappa shape index (κ3) is 2.36. The molecule has 6 nitrogen and oxygen atoms in total. The van der Waals surface area contributed by atoms with Gasteiger partial charge in [-0.25, -0.2) is 0 Å². The number of hydrogen-bond acceptors (Lipinski definition) is 6. The number of methoxy groups -OCH3 is 2. The Bertz CT molecular complexity index is 842. The average molecular weight is 344 g/mol. The highest BCUT2D eigenvalue weighted by Gasteiger charge is 2.48. The number of benzene rings is 1. The highest BCUT2D eigenvalue weighted by atomic mass is 16.5. The summed E-state index contributed by atoms with van der Waals surface area (Å²) in [5.74, 6) is -0.468. The van der Waals surface area contributed by atoms with Crippen molar-refractivity contribution in [1.82, 2.24) is 0 Å². The van der Waals surface area contributed by atoms with Crippen molar-refractivity contribution < 1.29 is 28.9 Å². The van der Waals surface area contributed by atoms with Crippen molar-refractivity contribution in [2.75, 3.05) is 14.2 Å². The number of hydrogen-bond donors (Lipinski definition) is 1. The van der Waals surface area contributed by atoms with Crippen molar-refractivity contribution in [3.8, 4) is 11.5 Å². The molecule has 1 heterocycles. The number of carbonyl (C=O) groups excluding carboxylic acids is 2. The van der Waals surface area contributed by atoms with Gasteiger partial charge in [-0.3, -0.25) is 9.59 Å². The highest BCUT2D eigenvalue weighted by molar-refractivity contribution is 6.28. The van der Waals surface area contributed by atoms with Crippen LogP contribution in [0.4, 0.5) is 0 Å². The number of rotatable bonds is 3. The lowest BCUT2D eigenvalue weighted by Crippen LogP contribution is -2.29. The van der Waals surface area contributed by atoms with E-state index < -0.39 is 23.8 Å². The Balaban J connectivity index is 2.16. The van der Waals surface area contributed by atoms with Crippen LogP contribution in [0.5, 0.6) is 11.5 Å². The molecule has 1 aromatic carbocycles. The van der Waals surface area contributed by atoms with Crippen molar-refractivity contribution in [2.45, 2.75) is 33.0 Å². The Kier molecular flexibility index (Phi) is 4.16. The van der Waals surface area contributed by atoms with E-state index in [4.69, 9.17) is 14.2 Å². The number of aliphatic hydroxyl groups excluding tert-OH is 1. The van der Waals surface area contributed by atoms with E-state index in [1.165, 1.54) is 20.3 Å². The first-order chi connectivity index (χ1) is 11.8. The van der Waals surface area contributed by atoms with Crippen LogP contribution in [0.3, 0.4) is 0 Å². The van der Waals surface area contributed by atoms with Gasteiger partial charge in [0.2, 0.25) is 5.78 Å². The van der Waals surface area contributed by atoms with Crippen LogP contribution in [0.25, 0.3) is 0 Å². The largest absolute Gasteiger partial charge is 0.493 e. The van der Waals surface area contributed by atoms with Gasteiger partial charge in [-0.15, -0.1) is 0 Å². The second-order valence-corrected chi connectivity index (χ2v) is 6.29. The molecule has 3 rings (SSSR count). The number of Topliss-reactive ketones (excluding diaryl/α,β-unsaturated/α-hetero) is 2. The lowest BCUT2D eigenvalue weighted by atomic mass is 9.84. The molecule has 0 spiro atoms. The maximum absolute atomic E-state index is 13.0. The molecule has 0 unspecified atom stereocenters. The number of aliphatic hydroxyl groups is 1. The van der Waals surface area contributed by atoms with E-state index in [0.717, 1.165) is 11.1 Å². The number of carbonyl (C=O) groups is 2. The summed E-state index contributed by atoms with van der Waals surface area (Å²) in [7, 11) is 2.85. The number of fused-ring (bicyclic) bond motifs is 1. The minimum atomic E-state index is -1.20. The Morgan fingerprint density at radius 2 is 1.76 bits per heavy atom. The Morgan fingerprint density at radius 3 is 2.32 bits per heavy atom. The van der Waals surface area contributed by atoms with Crippen LogP contribution in [-0.4, -0.2) is 43.1 Å². The summed E-state index contributed by atoms with van der Waals surface area (Å²) in [6, 6.07) is 3.08. The first-order valence-electron chi connectivity index (χ1n) is 7.90. The fourth-order valence-corrected chi connectivity index (χ4v) is 3.16. The molecule has 1 aliphatic carbocycles.